The zero-order chi connectivity index (χ0) is 22.6. The van der Waals surface area contributed by atoms with E-state index >= 15 is 0 Å². The standard InChI is InChI=1S/C26H31FN2O3/c1-2-28-25(31)26(12-6-13-29(18-26)24(30)23-11-5-14-32-23)17-19-7-3-8-20(15-19)21-9-4-10-22(27)16-21/h3-4,7-10,15-16,23H,2,5-6,11-14,17-18H2,1H3,(H,28,31). The van der Waals surface area contributed by atoms with Gasteiger partial charge in [0, 0.05) is 26.2 Å². The molecule has 2 aromatic carbocycles. The van der Waals surface area contributed by atoms with Crippen LogP contribution in [0.1, 0.15) is 38.2 Å². The molecule has 5 nitrogen and oxygen atoms in total. The highest BCUT2D eigenvalue weighted by Gasteiger charge is 2.44. The van der Waals surface area contributed by atoms with Crippen LogP contribution in [0, 0.1) is 11.2 Å². The maximum Gasteiger partial charge on any atom is 0.251 e. The molecule has 2 aromatic rings. The van der Waals surface area contributed by atoms with Crippen LogP contribution in [0.15, 0.2) is 48.5 Å². The minimum atomic E-state index is -0.691. The third-order valence-corrected chi connectivity index (χ3v) is 6.54. The van der Waals surface area contributed by atoms with Crippen LogP contribution in [-0.4, -0.2) is 49.1 Å². The third kappa shape index (κ3) is 4.85. The van der Waals surface area contributed by atoms with Crippen molar-refractivity contribution in [2.24, 2.45) is 5.41 Å². The summed E-state index contributed by atoms with van der Waals surface area (Å²) in [6.45, 7) is 4.13. The molecule has 1 N–H and O–H groups in total. The summed E-state index contributed by atoms with van der Waals surface area (Å²) in [7, 11) is 0. The van der Waals surface area contributed by atoms with Crippen molar-refractivity contribution in [1.82, 2.24) is 10.2 Å². The minimum Gasteiger partial charge on any atom is -0.368 e. The van der Waals surface area contributed by atoms with Crippen molar-refractivity contribution >= 4 is 11.8 Å². The molecule has 0 aromatic heterocycles. The summed E-state index contributed by atoms with van der Waals surface area (Å²) >= 11 is 0. The number of ether oxygens (including phenoxy) is 1. The predicted molar refractivity (Wildman–Crippen MR) is 121 cm³/mol. The number of piperidine rings is 1. The summed E-state index contributed by atoms with van der Waals surface area (Å²) in [4.78, 5) is 28.1. The molecule has 32 heavy (non-hydrogen) atoms. The van der Waals surface area contributed by atoms with Crippen molar-refractivity contribution in [3.63, 3.8) is 0 Å². The smallest absolute Gasteiger partial charge is 0.251 e. The van der Waals surface area contributed by atoms with Crippen molar-refractivity contribution in [3.8, 4) is 11.1 Å². The fraction of sp³-hybridized carbons (Fsp3) is 0.462. The van der Waals surface area contributed by atoms with E-state index in [4.69, 9.17) is 4.74 Å². The summed E-state index contributed by atoms with van der Waals surface area (Å²) in [5, 5.41) is 3.00. The zero-order valence-corrected chi connectivity index (χ0v) is 18.6. The molecule has 0 bridgehead atoms. The molecule has 2 aliphatic heterocycles. The number of likely N-dealkylation sites (tertiary alicyclic amines) is 1. The highest BCUT2D eigenvalue weighted by molar-refractivity contribution is 5.86. The summed E-state index contributed by atoms with van der Waals surface area (Å²) in [5.74, 6) is -0.285. The first-order valence-corrected chi connectivity index (χ1v) is 11.5. The Kier molecular flexibility index (Phi) is 6.89. The van der Waals surface area contributed by atoms with Crippen LogP contribution in [0.5, 0.6) is 0 Å². The summed E-state index contributed by atoms with van der Waals surface area (Å²) < 4.78 is 19.3. The molecule has 2 aliphatic rings. The van der Waals surface area contributed by atoms with Crippen molar-refractivity contribution in [3.05, 3.63) is 59.9 Å². The zero-order valence-electron chi connectivity index (χ0n) is 18.6. The topological polar surface area (TPSA) is 58.6 Å². The van der Waals surface area contributed by atoms with Gasteiger partial charge in [-0.2, -0.15) is 0 Å². The highest BCUT2D eigenvalue weighted by Crippen LogP contribution is 2.36. The lowest BCUT2D eigenvalue weighted by Gasteiger charge is -2.42. The van der Waals surface area contributed by atoms with Gasteiger partial charge in [-0.25, -0.2) is 4.39 Å². The number of amides is 2. The third-order valence-electron chi connectivity index (χ3n) is 6.54. The number of carbonyl (C=O) groups excluding carboxylic acids is 2. The van der Waals surface area contributed by atoms with E-state index in [1.807, 2.05) is 42.2 Å². The summed E-state index contributed by atoms with van der Waals surface area (Å²) in [6, 6.07) is 14.4. The molecule has 0 spiro atoms. The molecule has 0 radical (unpaired) electrons. The van der Waals surface area contributed by atoms with Gasteiger partial charge in [-0.15, -0.1) is 0 Å². The van der Waals surface area contributed by atoms with Gasteiger partial charge < -0.3 is 15.0 Å². The fourth-order valence-electron chi connectivity index (χ4n) is 4.97. The maximum absolute atomic E-state index is 13.7. The van der Waals surface area contributed by atoms with Crippen molar-refractivity contribution in [1.29, 1.82) is 0 Å². The van der Waals surface area contributed by atoms with E-state index in [1.165, 1.54) is 12.1 Å². The average molecular weight is 439 g/mol. The first-order chi connectivity index (χ1) is 15.5. The van der Waals surface area contributed by atoms with Gasteiger partial charge in [0.1, 0.15) is 11.9 Å². The van der Waals surface area contributed by atoms with E-state index in [2.05, 4.69) is 5.32 Å². The average Bonchev–Trinajstić information content (AvgIpc) is 3.34. The Labute approximate surface area is 188 Å². The van der Waals surface area contributed by atoms with Crippen LogP contribution in [0.4, 0.5) is 4.39 Å². The van der Waals surface area contributed by atoms with Gasteiger partial charge in [0.05, 0.1) is 5.41 Å². The lowest BCUT2D eigenvalue weighted by atomic mass is 9.73. The van der Waals surface area contributed by atoms with Gasteiger partial charge in [0.15, 0.2) is 0 Å². The minimum absolute atomic E-state index is 0.00406. The maximum atomic E-state index is 13.7. The van der Waals surface area contributed by atoms with Crippen molar-refractivity contribution in [2.75, 3.05) is 26.2 Å². The SMILES string of the molecule is CCNC(=O)C1(Cc2cccc(-c3cccc(F)c3)c2)CCCN(C(=O)C2CCCO2)C1. The second-order valence-electron chi connectivity index (χ2n) is 8.89. The van der Waals surface area contributed by atoms with Crippen LogP contribution < -0.4 is 5.32 Å². The number of rotatable bonds is 6. The number of carbonyl (C=O) groups is 2. The molecule has 2 atom stereocenters. The molecular formula is C26H31FN2O3. The van der Waals surface area contributed by atoms with Crippen molar-refractivity contribution in [2.45, 2.75) is 45.1 Å². The number of halogens is 1. The Morgan fingerprint density at radius 1 is 1.16 bits per heavy atom. The molecule has 2 unspecified atom stereocenters. The predicted octanol–water partition coefficient (Wildman–Crippen LogP) is 3.96. The summed E-state index contributed by atoms with van der Waals surface area (Å²) in [5.41, 5.74) is 2.03. The van der Waals surface area contributed by atoms with E-state index in [-0.39, 0.29) is 23.7 Å². The normalized spacial score (nSPS) is 23.2. The van der Waals surface area contributed by atoms with E-state index in [9.17, 15) is 14.0 Å². The largest absolute Gasteiger partial charge is 0.368 e. The molecular weight excluding hydrogens is 407 g/mol. The molecule has 170 valence electrons. The molecule has 2 amide bonds. The first kappa shape index (κ1) is 22.5. The Morgan fingerprint density at radius 3 is 2.66 bits per heavy atom. The van der Waals surface area contributed by atoms with Gasteiger partial charge in [0.2, 0.25) is 5.91 Å². The molecule has 4 rings (SSSR count). The van der Waals surface area contributed by atoms with Crippen molar-refractivity contribution < 1.29 is 18.7 Å². The molecule has 2 heterocycles. The van der Waals surface area contributed by atoms with Gasteiger partial charge in [0.25, 0.3) is 5.91 Å². The molecule has 6 heteroatoms. The number of nitrogens with zero attached hydrogens (tertiary/aromatic N) is 1. The van der Waals surface area contributed by atoms with E-state index < -0.39 is 5.41 Å². The van der Waals surface area contributed by atoms with E-state index in [1.54, 1.807) is 6.07 Å². The molecule has 0 aliphatic carbocycles. The Bertz CT molecular complexity index is 973. The lowest BCUT2D eigenvalue weighted by Crippen LogP contribution is -2.56. The monoisotopic (exact) mass is 438 g/mol. The van der Waals surface area contributed by atoms with Crippen LogP contribution >= 0.6 is 0 Å². The second-order valence-corrected chi connectivity index (χ2v) is 8.89. The Hall–Kier alpha value is -2.73. The Balaban J connectivity index is 1.60. The number of hydrogen-bond acceptors (Lipinski definition) is 3. The number of nitrogens with one attached hydrogen (secondary N) is 1. The fourth-order valence-corrected chi connectivity index (χ4v) is 4.97. The lowest BCUT2D eigenvalue weighted by molar-refractivity contribution is -0.148. The van der Waals surface area contributed by atoms with Crippen LogP contribution in [0.2, 0.25) is 0 Å². The van der Waals surface area contributed by atoms with Crippen LogP contribution in [-0.2, 0) is 20.7 Å². The van der Waals surface area contributed by atoms with E-state index in [0.29, 0.717) is 32.7 Å². The summed E-state index contributed by atoms with van der Waals surface area (Å²) in [6.07, 6.45) is 3.29. The number of benzene rings is 2. The van der Waals surface area contributed by atoms with Gasteiger partial charge in [-0.1, -0.05) is 36.4 Å². The number of hydrogen-bond donors (Lipinski definition) is 1. The molecule has 2 saturated heterocycles. The Morgan fingerprint density at radius 2 is 1.94 bits per heavy atom. The molecule has 2 fully saturated rings. The van der Waals surface area contributed by atoms with E-state index in [0.717, 1.165) is 42.4 Å². The quantitative estimate of drug-likeness (QED) is 0.743. The van der Waals surface area contributed by atoms with Gasteiger partial charge >= 0.3 is 0 Å². The van der Waals surface area contributed by atoms with Crippen LogP contribution in [0.25, 0.3) is 11.1 Å². The molecule has 0 saturated carbocycles. The van der Waals surface area contributed by atoms with Gasteiger partial charge in [-0.3, -0.25) is 9.59 Å². The van der Waals surface area contributed by atoms with Gasteiger partial charge in [-0.05, 0) is 67.9 Å². The van der Waals surface area contributed by atoms with Crippen LogP contribution in [0.3, 0.4) is 0 Å². The second kappa shape index (κ2) is 9.82. The first-order valence-electron chi connectivity index (χ1n) is 11.5. The highest BCUT2D eigenvalue weighted by atomic mass is 19.1.